The molecule has 2 nitrogen and oxygen atoms in total. The van der Waals surface area contributed by atoms with Gasteiger partial charge in [-0.05, 0) is 24.6 Å². The molecule has 0 amide bonds. The first-order chi connectivity index (χ1) is 8.93. The predicted octanol–water partition coefficient (Wildman–Crippen LogP) is 3.57. The lowest BCUT2D eigenvalue weighted by Gasteiger charge is -2.06. The summed E-state index contributed by atoms with van der Waals surface area (Å²) in [5.74, 6) is 0.300. The quantitative estimate of drug-likeness (QED) is 0.768. The Morgan fingerprint density at radius 3 is 3.00 bits per heavy atom. The van der Waals surface area contributed by atoms with Gasteiger partial charge in [0.25, 0.3) is 0 Å². The standard InChI is InChI=1S/C16H14N2/c1-2-4-8-13(7-3-1)14-11-16(18-12-14)15-9-5-6-10-17-15/h1-7,9-12,14H,8H2. The van der Waals surface area contributed by atoms with Gasteiger partial charge in [0, 0.05) is 18.3 Å². The van der Waals surface area contributed by atoms with Gasteiger partial charge in [-0.2, -0.15) is 0 Å². The van der Waals surface area contributed by atoms with Crippen molar-refractivity contribution in [1.82, 2.24) is 4.98 Å². The first kappa shape index (κ1) is 10.9. The Bertz CT molecular complexity index is 574. The van der Waals surface area contributed by atoms with Crippen LogP contribution in [-0.4, -0.2) is 11.2 Å². The van der Waals surface area contributed by atoms with Crippen LogP contribution in [-0.2, 0) is 0 Å². The third kappa shape index (κ3) is 2.23. The average Bonchev–Trinajstić information content (AvgIpc) is 2.76. The van der Waals surface area contributed by atoms with Crippen LogP contribution in [0.5, 0.6) is 0 Å². The van der Waals surface area contributed by atoms with Crippen LogP contribution in [0.1, 0.15) is 12.1 Å². The van der Waals surface area contributed by atoms with Crippen LogP contribution >= 0.6 is 0 Å². The highest BCUT2D eigenvalue weighted by atomic mass is 14.8. The van der Waals surface area contributed by atoms with Gasteiger partial charge in [-0.1, -0.05) is 42.0 Å². The maximum atomic E-state index is 4.48. The fourth-order valence-corrected chi connectivity index (χ4v) is 2.13. The van der Waals surface area contributed by atoms with E-state index in [9.17, 15) is 0 Å². The summed E-state index contributed by atoms with van der Waals surface area (Å²) in [6.45, 7) is 0. The molecule has 3 rings (SSSR count). The van der Waals surface area contributed by atoms with Crippen molar-refractivity contribution in [1.29, 1.82) is 0 Å². The van der Waals surface area contributed by atoms with Gasteiger partial charge in [0.15, 0.2) is 0 Å². The lowest BCUT2D eigenvalue weighted by molar-refractivity contribution is 1.00. The summed E-state index contributed by atoms with van der Waals surface area (Å²) in [5.41, 5.74) is 3.28. The Kier molecular flexibility index (Phi) is 3.01. The van der Waals surface area contributed by atoms with Gasteiger partial charge in [-0.15, -0.1) is 0 Å². The lowest BCUT2D eigenvalue weighted by Crippen LogP contribution is -1.98. The molecule has 18 heavy (non-hydrogen) atoms. The van der Waals surface area contributed by atoms with Crippen molar-refractivity contribution >= 4 is 11.9 Å². The minimum atomic E-state index is 0.300. The van der Waals surface area contributed by atoms with E-state index in [4.69, 9.17) is 0 Å². The van der Waals surface area contributed by atoms with Gasteiger partial charge >= 0.3 is 0 Å². The van der Waals surface area contributed by atoms with Crippen LogP contribution < -0.4 is 0 Å². The minimum Gasteiger partial charge on any atom is -0.258 e. The molecule has 88 valence electrons. The van der Waals surface area contributed by atoms with E-state index >= 15 is 0 Å². The van der Waals surface area contributed by atoms with Crippen LogP contribution in [0.3, 0.4) is 0 Å². The number of aliphatic imine (C=N–C) groups is 1. The second-order valence-electron chi connectivity index (χ2n) is 4.33. The van der Waals surface area contributed by atoms with Gasteiger partial charge in [0.2, 0.25) is 0 Å². The Morgan fingerprint density at radius 2 is 2.11 bits per heavy atom. The molecule has 0 saturated heterocycles. The number of aromatic nitrogens is 1. The van der Waals surface area contributed by atoms with E-state index in [0.29, 0.717) is 5.92 Å². The van der Waals surface area contributed by atoms with Gasteiger partial charge < -0.3 is 0 Å². The smallest absolute Gasteiger partial charge is 0.0883 e. The average molecular weight is 234 g/mol. The molecule has 0 fully saturated rings. The number of allylic oxidation sites excluding steroid dienone is 7. The van der Waals surface area contributed by atoms with Gasteiger partial charge in [0.1, 0.15) is 0 Å². The number of nitrogens with zero attached hydrogens (tertiary/aromatic N) is 2. The Morgan fingerprint density at radius 1 is 1.11 bits per heavy atom. The minimum absolute atomic E-state index is 0.300. The monoisotopic (exact) mass is 234 g/mol. The topological polar surface area (TPSA) is 25.2 Å². The highest BCUT2D eigenvalue weighted by Gasteiger charge is 2.16. The summed E-state index contributed by atoms with van der Waals surface area (Å²) < 4.78 is 0. The van der Waals surface area contributed by atoms with Crippen LogP contribution in [0.2, 0.25) is 0 Å². The molecule has 0 bridgehead atoms. The summed E-state index contributed by atoms with van der Waals surface area (Å²) in [5, 5.41) is 0. The molecule has 0 spiro atoms. The zero-order chi connectivity index (χ0) is 12.2. The van der Waals surface area contributed by atoms with Crippen molar-refractivity contribution in [2.24, 2.45) is 10.9 Å². The van der Waals surface area contributed by atoms with Crippen molar-refractivity contribution in [2.75, 3.05) is 0 Å². The van der Waals surface area contributed by atoms with E-state index < -0.39 is 0 Å². The SMILES string of the molecule is C1=CC=C(C2C=NC(c3ccccn3)=C2)CC=C1. The summed E-state index contributed by atoms with van der Waals surface area (Å²) in [7, 11) is 0. The summed E-state index contributed by atoms with van der Waals surface area (Å²) in [6.07, 6.45) is 17.5. The van der Waals surface area contributed by atoms with E-state index in [-0.39, 0.29) is 0 Å². The fraction of sp³-hybridized carbons (Fsp3) is 0.125. The van der Waals surface area contributed by atoms with Crippen LogP contribution in [0.15, 0.2) is 71.4 Å². The largest absolute Gasteiger partial charge is 0.258 e. The number of hydrogen-bond acceptors (Lipinski definition) is 2. The molecule has 0 aromatic carbocycles. The molecule has 0 radical (unpaired) electrons. The van der Waals surface area contributed by atoms with Crippen molar-refractivity contribution in [3.63, 3.8) is 0 Å². The first-order valence-electron chi connectivity index (χ1n) is 6.13. The predicted molar refractivity (Wildman–Crippen MR) is 75.2 cm³/mol. The molecule has 1 aromatic heterocycles. The zero-order valence-electron chi connectivity index (χ0n) is 10.0. The summed E-state index contributed by atoms with van der Waals surface area (Å²) in [4.78, 5) is 8.81. The molecule has 2 heterocycles. The molecule has 1 atom stereocenters. The lowest BCUT2D eigenvalue weighted by atomic mass is 9.97. The zero-order valence-corrected chi connectivity index (χ0v) is 10.0. The molecular formula is C16H14N2. The van der Waals surface area contributed by atoms with Crippen molar-refractivity contribution in [2.45, 2.75) is 6.42 Å². The Balaban J connectivity index is 1.85. The third-order valence-electron chi connectivity index (χ3n) is 3.09. The molecule has 0 N–H and O–H groups in total. The normalized spacial score (nSPS) is 21.7. The van der Waals surface area contributed by atoms with Gasteiger partial charge in [-0.25, -0.2) is 0 Å². The molecule has 2 heteroatoms. The number of rotatable bonds is 2. The van der Waals surface area contributed by atoms with Crippen LogP contribution in [0.4, 0.5) is 0 Å². The Labute approximate surface area is 107 Å². The van der Waals surface area contributed by atoms with E-state index in [2.05, 4.69) is 46.4 Å². The number of pyridine rings is 1. The summed E-state index contributed by atoms with van der Waals surface area (Å²) in [6, 6.07) is 5.90. The second kappa shape index (κ2) is 4.96. The fourth-order valence-electron chi connectivity index (χ4n) is 2.13. The summed E-state index contributed by atoms with van der Waals surface area (Å²) >= 11 is 0. The molecule has 1 aliphatic carbocycles. The first-order valence-corrected chi connectivity index (χ1v) is 6.13. The van der Waals surface area contributed by atoms with Gasteiger partial charge in [-0.3, -0.25) is 9.98 Å². The van der Waals surface area contributed by atoms with E-state index in [1.165, 1.54) is 5.57 Å². The van der Waals surface area contributed by atoms with Crippen LogP contribution in [0.25, 0.3) is 5.70 Å². The van der Waals surface area contributed by atoms with Crippen molar-refractivity contribution in [3.8, 4) is 0 Å². The van der Waals surface area contributed by atoms with E-state index in [1.807, 2.05) is 24.4 Å². The van der Waals surface area contributed by atoms with Crippen molar-refractivity contribution < 1.29 is 0 Å². The maximum absolute atomic E-state index is 4.48. The van der Waals surface area contributed by atoms with Crippen molar-refractivity contribution in [3.05, 3.63) is 72.1 Å². The van der Waals surface area contributed by atoms with E-state index in [1.54, 1.807) is 6.20 Å². The molecular weight excluding hydrogens is 220 g/mol. The third-order valence-corrected chi connectivity index (χ3v) is 3.09. The molecule has 1 aliphatic heterocycles. The highest BCUT2D eigenvalue weighted by molar-refractivity contribution is 5.84. The second-order valence-corrected chi connectivity index (χ2v) is 4.33. The number of hydrogen-bond donors (Lipinski definition) is 0. The maximum Gasteiger partial charge on any atom is 0.0883 e. The van der Waals surface area contributed by atoms with Crippen LogP contribution in [0, 0.1) is 5.92 Å². The molecule has 1 aromatic rings. The Hall–Kier alpha value is -2.22. The molecule has 1 unspecified atom stereocenters. The highest BCUT2D eigenvalue weighted by Crippen LogP contribution is 2.27. The van der Waals surface area contributed by atoms with Gasteiger partial charge in [0.05, 0.1) is 11.4 Å². The molecule has 0 saturated carbocycles. The van der Waals surface area contributed by atoms with E-state index in [0.717, 1.165) is 17.8 Å². The molecule has 2 aliphatic rings.